The van der Waals surface area contributed by atoms with E-state index in [9.17, 15) is 19.2 Å². The number of hydrazine groups is 1. The standard InChI is InChI=1S/C22H22ClN3O5/c1-13-4-3-5-18(14(13)2)24-19(27)12-31-22(30)16-10-20(28)26(11-16)25-21(29)15-6-8-17(23)9-7-15/h3-9,16H,10-12H2,1-2H3,(H,24,27)(H,25,29)/t16-/m0/s1. The molecule has 0 spiro atoms. The van der Waals surface area contributed by atoms with Crippen molar-refractivity contribution < 1.29 is 23.9 Å². The van der Waals surface area contributed by atoms with Crippen molar-refractivity contribution in [2.24, 2.45) is 5.92 Å². The van der Waals surface area contributed by atoms with Crippen molar-refractivity contribution in [3.8, 4) is 0 Å². The third kappa shape index (κ3) is 5.61. The number of carbonyl (C=O) groups excluding carboxylic acids is 4. The first-order valence-electron chi connectivity index (χ1n) is 9.64. The van der Waals surface area contributed by atoms with E-state index >= 15 is 0 Å². The van der Waals surface area contributed by atoms with Gasteiger partial charge in [0.15, 0.2) is 6.61 Å². The number of nitrogens with one attached hydrogen (secondary N) is 2. The number of ether oxygens (including phenoxy) is 1. The van der Waals surface area contributed by atoms with Gasteiger partial charge in [-0.3, -0.25) is 29.6 Å². The van der Waals surface area contributed by atoms with Crippen LogP contribution in [0, 0.1) is 19.8 Å². The SMILES string of the molecule is Cc1cccc(NC(=O)COC(=O)[C@H]2CC(=O)N(NC(=O)c3ccc(Cl)cc3)C2)c1C. The highest BCUT2D eigenvalue weighted by Gasteiger charge is 2.36. The molecule has 2 aromatic carbocycles. The molecule has 162 valence electrons. The predicted molar refractivity (Wildman–Crippen MR) is 114 cm³/mol. The molecule has 8 nitrogen and oxygen atoms in total. The summed E-state index contributed by atoms with van der Waals surface area (Å²) in [5.74, 6) is -2.82. The maximum absolute atomic E-state index is 12.3. The fourth-order valence-corrected chi connectivity index (χ4v) is 3.22. The molecule has 0 radical (unpaired) electrons. The highest BCUT2D eigenvalue weighted by atomic mass is 35.5. The molecule has 0 bridgehead atoms. The molecule has 0 saturated carbocycles. The Morgan fingerprint density at radius 1 is 1.13 bits per heavy atom. The van der Waals surface area contributed by atoms with Gasteiger partial charge in [0.05, 0.1) is 12.5 Å². The zero-order valence-corrected chi connectivity index (χ0v) is 17.9. The highest BCUT2D eigenvalue weighted by Crippen LogP contribution is 2.20. The first-order valence-corrected chi connectivity index (χ1v) is 10.0. The zero-order chi connectivity index (χ0) is 22.5. The van der Waals surface area contributed by atoms with E-state index in [4.69, 9.17) is 16.3 Å². The molecule has 3 amide bonds. The van der Waals surface area contributed by atoms with Crippen LogP contribution in [0.5, 0.6) is 0 Å². The number of nitrogens with zero attached hydrogens (tertiary/aromatic N) is 1. The molecule has 1 aliphatic rings. The largest absolute Gasteiger partial charge is 0.455 e. The number of rotatable bonds is 6. The third-order valence-electron chi connectivity index (χ3n) is 5.03. The molecule has 3 rings (SSSR count). The molecule has 1 aliphatic heterocycles. The number of hydrogen-bond acceptors (Lipinski definition) is 5. The van der Waals surface area contributed by atoms with Gasteiger partial charge < -0.3 is 10.1 Å². The second kappa shape index (κ2) is 9.61. The second-order valence-corrected chi connectivity index (χ2v) is 7.69. The first-order chi connectivity index (χ1) is 14.7. The van der Waals surface area contributed by atoms with Crippen molar-refractivity contribution >= 4 is 41.0 Å². The summed E-state index contributed by atoms with van der Waals surface area (Å²) in [6, 6.07) is 11.7. The predicted octanol–water partition coefficient (Wildman–Crippen LogP) is 2.63. The van der Waals surface area contributed by atoms with Crippen molar-refractivity contribution in [3.63, 3.8) is 0 Å². The normalized spacial score (nSPS) is 15.5. The van der Waals surface area contributed by atoms with Crippen LogP contribution in [-0.2, 0) is 19.1 Å². The minimum Gasteiger partial charge on any atom is -0.455 e. The van der Waals surface area contributed by atoms with Crippen molar-refractivity contribution in [3.05, 3.63) is 64.2 Å². The number of aryl methyl sites for hydroxylation is 1. The molecule has 1 heterocycles. The van der Waals surface area contributed by atoms with Crippen LogP contribution in [0.3, 0.4) is 0 Å². The van der Waals surface area contributed by atoms with Gasteiger partial charge in [-0.15, -0.1) is 0 Å². The molecular formula is C22H22ClN3O5. The Morgan fingerprint density at radius 3 is 2.55 bits per heavy atom. The summed E-state index contributed by atoms with van der Waals surface area (Å²) in [7, 11) is 0. The smallest absolute Gasteiger partial charge is 0.311 e. The van der Waals surface area contributed by atoms with Crippen LogP contribution < -0.4 is 10.7 Å². The number of benzene rings is 2. The monoisotopic (exact) mass is 443 g/mol. The van der Waals surface area contributed by atoms with Crippen LogP contribution in [0.4, 0.5) is 5.69 Å². The van der Waals surface area contributed by atoms with Crippen LogP contribution in [-0.4, -0.2) is 41.9 Å². The van der Waals surface area contributed by atoms with Crippen molar-refractivity contribution in [1.82, 2.24) is 10.4 Å². The van der Waals surface area contributed by atoms with Crippen LogP contribution >= 0.6 is 11.6 Å². The average molecular weight is 444 g/mol. The summed E-state index contributed by atoms with van der Waals surface area (Å²) < 4.78 is 5.07. The fraction of sp³-hybridized carbons (Fsp3) is 0.273. The van der Waals surface area contributed by atoms with E-state index in [1.807, 2.05) is 26.0 Å². The quantitative estimate of drug-likeness (QED) is 0.668. The lowest BCUT2D eigenvalue weighted by Gasteiger charge is -2.17. The number of carbonyl (C=O) groups is 4. The van der Waals surface area contributed by atoms with E-state index in [0.29, 0.717) is 16.3 Å². The van der Waals surface area contributed by atoms with E-state index in [-0.39, 0.29) is 13.0 Å². The number of hydrogen-bond donors (Lipinski definition) is 2. The Kier molecular flexibility index (Phi) is 6.91. The number of amides is 3. The summed E-state index contributed by atoms with van der Waals surface area (Å²) in [5, 5.41) is 4.27. The molecule has 0 aromatic heterocycles. The van der Waals surface area contributed by atoms with Crippen LogP contribution in [0.1, 0.15) is 27.9 Å². The van der Waals surface area contributed by atoms with Gasteiger partial charge in [-0.1, -0.05) is 23.7 Å². The van der Waals surface area contributed by atoms with E-state index < -0.39 is 36.2 Å². The maximum atomic E-state index is 12.3. The average Bonchev–Trinajstić information content (AvgIpc) is 3.10. The molecule has 1 saturated heterocycles. The minimum absolute atomic E-state index is 0.0321. The van der Waals surface area contributed by atoms with Gasteiger partial charge in [0, 0.05) is 22.7 Å². The summed E-state index contributed by atoms with van der Waals surface area (Å²) in [6.07, 6.45) is -0.113. The zero-order valence-electron chi connectivity index (χ0n) is 17.1. The molecule has 0 unspecified atom stereocenters. The van der Waals surface area contributed by atoms with E-state index in [1.54, 1.807) is 18.2 Å². The Hall–Kier alpha value is -3.39. The molecular weight excluding hydrogens is 422 g/mol. The van der Waals surface area contributed by atoms with Gasteiger partial charge >= 0.3 is 5.97 Å². The molecule has 1 atom stereocenters. The molecule has 2 aromatic rings. The Balaban J connectivity index is 1.49. The fourth-order valence-electron chi connectivity index (χ4n) is 3.09. The molecule has 2 N–H and O–H groups in total. The number of halogens is 1. The topological polar surface area (TPSA) is 105 Å². The molecule has 0 aliphatic carbocycles. The Morgan fingerprint density at radius 2 is 1.84 bits per heavy atom. The summed E-state index contributed by atoms with van der Waals surface area (Å²) in [4.78, 5) is 48.8. The van der Waals surface area contributed by atoms with Gasteiger partial charge in [-0.25, -0.2) is 0 Å². The number of esters is 1. The van der Waals surface area contributed by atoms with Crippen LogP contribution in [0.15, 0.2) is 42.5 Å². The van der Waals surface area contributed by atoms with Gasteiger partial charge in [-0.2, -0.15) is 0 Å². The van der Waals surface area contributed by atoms with Crippen LogP contribution in [0.2, 0.25) is 5.02 Å². The lowest BCUT2D eigenvalue weighted by molar-refractivity contribution is -0.151. The molecule has 1 fully saturated rings. The Labute approximate surface area is 184 Å². The van der Waals surface area contributed by atoms with Gasteiger partial charge in [0.1, 0.15) is 0 Å². The second-order valence-electron chi connectivity index (χ2n) is 7.26. The van der Waals surface area contributed by atoms with Crippen LogP contribution in [0.25, 0.3) is 0 Å². The lowest BCUT2D eigenvalue weighted by atomic mass is 10.1. The Bertz CT molecular complexity index is 1020. The van der Waals surface area contributed by atoms with Crippen molar-refractivity contribution in [1.29, 1.82) is 0 Å². The van der Waals surface area contributed by atoms with Gasteiger partial charge in [0.2, 0.25) is 5.91 Å². The van der Waals surface area contributed by atoms with Crippen molar-refractivity contribution in [2.75, 3.05) is 18.5 Å². The van der Waals surface area contributed by atoms with E-state index in [0.717, 1.165) is 16.1 Å². The van der Waals surface area contributed by atoms with Crippen molar-refractivity contribution in [2.45, 2.75) is 20.3 Å². The first kappa shape index (κ1) is 22.3. The lowest BCUT2D eigenvalue weighted by Crippen LogP contribution is -2.43. The minimum atomic E-state index is -0.772. The van der Waals surface area contributed by atoms with Gasteiger partial charge in [0.25, 0.3) is 11.8 Å². The van der Waals surface area contributed by atoms with E-state index in [2.05, 4.69) is 10.7 Å². The molecule has 31 heavy (non-hydrogen) atoms. The highest BCUT2D eigenvalue weighted by molar-refractivity contribution is 6.30. The molecule has 9 heteroatoms. The number of anilines is 1. The third-order valence-corrected chi connectivity index (χ3v) is 5.28. The summed E-state index contributed by atoms with van der Waals surface area (Å²) >= 11 is 5.80. The maximum Gasteiger partial charge on any atom is 0.311 e. The summed E-state index contributed by atoms with van der Waals surface area (Å²) in [6.45, 7) is 3.32. The summed E-state index contributed by atoms with van der Waals surface area (Å²) in [5.41, 5.74) is 5.40. The van der Waals surface area contributed by atoms with Gasteiger partial charge in [-0.05, 0) is 55.3 Å². The van der Waals surface area contributed by atoms with E-state index in [1.165, 1.54) is 12.1 Å².